The summed E-state index contributed by atoms with van der Waals surface area (Å²) in [4.78, 5) is 10.6. The molecule has 1 fully saturated rings. The first-order chi connectivity index (χ1) is 5.71. The second-order valence-corrected chi connectivity index (χ2v) is 4.83. The molecule has 0 amide bonds. The third-order valence-corrected chi connectivity index (χ3v) is 3.54. The lowest BCUT2D eigenvalue weighted by Gasteiger charge is -2.37. The summed E-state index contributed by atoms with van der Waals surface area (Å²) in [5.74, 6) is 0. The fourth-order valence-corrected chi connectivity index (χ4v) is 2.42. The van der Waals surface area contributed by atoms with Crippen LogP contribution >= 0.6 is 15.9 Å². The van der Waals surface area contributed by atoms with Crippen molar-refractivity contribution in [1.82, 2.24) is 0 Å². The van der Waals surface area contributed by atoms with E-state index in [2.05, 4.69) is 22.9 Å². The lowest BCUT2D eigenvalue weighted by atomic mass is 9.83. The van der Waals surface area contributed by atoms with Gasteiger partial charge in [-0.15, -0.1) is 0 Å². The summed E-state index contributed by atoms with van der Waals surface area (Å²) < 4.78 is 5.20. The third-order valence-electron chi connectivity index (χ3n) is 2.71. The first kappa shape index (κ1) is 10.0. The van der Waals surface area contributed by atoms with E-state index in [1.807, 2.05) is 0 Å². The Labute approximate surface area is 81.8 Å². The van der Waals surface area contributed by atoms with Gasteiger partial charge < -0.3 is 4.74 Å². The van der Waals surface area contributed by atoms with Crippen LogP contribution in [-0.4, -0.2) is 16.9 Å². The van der Waals surface area contributed by atoms with Gasteiger partial charge >= 0.3 is 0 Å². The predicted octanol–water partition coefficient (Wildman–Crippen LogP) is 2.65. The van der Waals surface area contributed by atoms with Crippen molar-refractivity contribution in [3.63, 3.8) is 0 Å². The molecular formula is C9H15BrO2. The van der Waals surface area contributed by atoms with Gasteiger partial charge in [0.15, 0.2) is 0 Å². The summed E-state index contributed by atoms with van der Waals surface area (Å²) in [5, 5.41) is 0. The molecule has 70 valence electrons. The minimum absolute atomic E-state index is 0.222. The molecule has 0 spiro atoms. The van der Waals surface area contributed by atoms with E-state index < -0.39 is 0 Å². The largest absolute Gasteiger partial charge is 0.460 e. The average Bonchev–Trinajstić information content (AvgIpc) is 2.06. The van der Waals surface area contributed by atoms with Crippen molar-refractivity contribution in [2.45, 2.75) is 49.5 Å². The predicted molar refractivity (Wildman–Crippen MR) is 51.4 cm³/mol. The molecule has 1 unspecified atom stereocenters. The van der Waals surface area contributed by atoms with Gasteiger partial charge in [0.2, 0.25) is 0 Å². The van der Waals surface area contributed by atoms with Gasteiger partial charge in [0.05, 0.1) is 4.83 Å². The van der Waals surface area contributed by atoms with Crippen LogP contribution in [0.15, 0.2) is 0 Å². The maximum atomic E-state index is 10.3. The highest BCUT2D eigenvalue weighted by Crippen LogP contribution is 2.36. The van der Waals surface area contributed by atoms with Gasteiger partial charge in [-0.05, 0) is 32.6 Å². The number of ether oxygens (including phenoxy) is 1. The van der Waals surface area contributed by atoms with Crippen molar-refractivity contribution in [3.8, 4) is 0 Å². The Morgan fingerprint density at radius 2 is 2.00 bits per heavy atom. The zero-order chi connectivity index (χ0) is 9.03. The van der Waals surface area contributed by atoms with Gasteiger partial charge in [0.25, 0.3) is 6.47 Å². The number of carbonyl (C=O) groups is 1. The fraction of sp³-hybridized carbons (Fsp3) is 0.889. The third kappa shape index (κ3) is 2.00. The lowest BCUT2D eigenvalue weighted by molar-refractivity contribution is -0.146. The second-order valence-electron chi connectivity index (χ2n) is 3.46. The molecule has 1 rings (SSSR count). The molecular weight excluding hydrogens is 220 g/mol. The normalized spacial score (nSPS) is 24.5. The van der Waals surface area contributed by atoms with Crippen LogP contribution in [0.4, 0.5) is 0 Å². The Kier molecular flexibility index (Phi) is 3.56. The van der Waals surface area contributed by atoms with Crippen molar-refractivity contribution in [2.75, 3.05) is 0 Å². The van der Waals surface area contributed by atoms with Crippen LogP contribution in [0.2, 0.25) is 0 Å². The smallest absolute Gasteiger partial charge is 0.293 e. The van der Waals surface area contributed by atoms with E-state index in [0.717, 1.165) is 12.8 Å². The van der Waals surface area contributed by atoms with Gasteiger partial charge in [-0.2, -0.15) is 0 Å². The standard InChI is InChI=1S/C9H15BrO2/c1-8(10)9(12-7-11)5-3-2-4-6-9/h7-8H,2-6H2,1H3. The molecule has 0 N–H and O–H groups in total. The van der Waals surface area contributed by atoms with Crippen LogP contribution in [0.25, 0.3) is 0 Å². The zero-order valence-corrected chi connectivity index (χ0v) is 8.97. The summed E-state index contributed by atoms with van der Waals surface area (Å²) in [6.45, 7) is 2.64. The summed E-state index contributed by atoms with van der Waals surface area (Å²) in [7, 11) is 0. The van der Waals surface area contributed by atoms with E-state index in [-0.39, 0.29) is 10.4 Å². The van der Waals surface area contributed by atoms with Crippen molar-refractivity contribution in [1.29, 1.82) is 0 Å². The number of halogens is 1. The molecule has 1 atom stereocenters. The number of hydrogen-bond donors (Lipinski definition) is 0. The van der Waals surface area contributed by atoms with E-state index in [0.29, 0.717) is 6.47 Å². The Morgan fingerprint density at radius 3 is 2.42 bits per heavy atom. The summed E-state index contributed by atoms with van der Waals surface area (Å²) in [6.07, 6.45) is 5.60. The zero-order valence-electron chi connectivity index (χ0n) is 7.38. The minimum Gasteiger partial charge on any atom is -0.460 e. The molecule has 0 radical (unpaired) electrons. The molecule has 1 aliphatic rings. The average molecular weight is 235 g/mol. The van der Waals surface area contributed by atoms with E-state index in [4.69, 9.17) is 4.74 Å². The number of hydrogen-bond acceptors (Lipinski definition) is 2. The molecule has 0 saturated heterocycles. The summed E-state index contributed by atoms with van der Waals surface area (Å²) >= 11 is 3.51. The van der Waals surface area contributed by atoms with Crippen LogP contribution in [0.5, 0.6) is 0 Å². The van der Waals surface area contributed by atoms with E-state index in [9.17, 15) is 4.79 Å². The highest BCUT2D eigenvalue weighted by Gasteiger charge is 2.37. The maximum Gasteiger partial charge on any atom is 0.293 e. The van der Waals surface area contributed by atoms with Gasteiger partial charge in [0.1, 0.15) is 5.60 Å². The highest BCUT2D eigenvalue weighted by atomic mass is 79.9. The number of carbonyl (C=O) groups excluding carboxylic acids is 1. The minimum atomic E-state index is -0.222. The van der Waals surface area contributed by atoms with Crippen molar-refractivity contribution >= 4 is 22.4 Å². The van der Waals surface area contributed by atoms with Gasteiger partial charge in [-0.25, -0.2) is 0 Å². The summed E-state index contributed by atoms with van der Waals surface area (Å²) in [6, 6.07) is 0. The molecule has 0 bridgehead atoms. The molecule has 0 aromatic heterocycles. The molecule has 0 aromatic rings. The highest BCUT2D eigenvalue weighted by molar-refractivity contribution is 9.09. The maximum absolute atomic E-state index is 10.3. The van der Waals surface area contributed by atoms with E-state index >= 15 is 0 Å². The fourth-order valence-electron chi connectivity index (χ4n) is 1.86. The molecule has 1 saturated carbocycles. The number of rotatable bonds is 3. The van der Waals surface area contributed by atoms with Crippen LogP contribution in [0.3, 0.4) is 0 Å². The Hall–Kier alpha value is -0.0500. The molecule has 2 nitrogen and oxygen atoms in total. The molecule has 3 heteroatoms. The van der Waals surface area contributed by atoms with Crippen LogP contribution < -0.4 is 0 Å². The SMILES string of the molecule is CC(Br)C1(OC=O)CCCCC1. The molecule has 0 heterocycles. The van der Waals surface area contributed by atoms with Crippen molar-refractivity contribution < 1.29 is 9.53 Å². The van der Waals surface area contributed by atoms with Crippen LogP contribution in [-0.2, 0) is 9.53 Å². The molecule has 1 aliphatic carbocycles. The number of alkyl halides is 1. The quantitative estimate of drug-likeness (QED) is 0.555. The first-order valence-electron chi connectivity index (χ1n) is 4.47. The second kappa shape index (κ2) is 4.26. The summed E-state index contributed by atoms with van der Waals surface area (Å²) in [5.41, 5.74) is -0.222. The van der Waals surface area contributed by atoms with Crippen molar-refractivity contribution in [2.24, 2.45) is 0 Å². The Bertz CT molecular complexity index is 151. The van der Waals surface area contributed by atoms with Crippen molar-refractivity contribution in [3.05, 3.63) is 0 Å². The molecule has 0 aliphatic heterocycles. The van der Waals surface area contributed by atoms with E-state index in [1.54, 1.807) is 0 Å². The van der Waals surface area contributed by atoms with Gasteiger partial charge in [-0.1, -0.05) is 22.4 Å². The lowest BCUT2D eigenvalue weighted by Crippen LogP contribution is -2.41. The molecule has 0 aromatic carbocycles. The van der Waals surface area contributed by atoms with Crippen LogP contribution in [0, 0.1) is 0 Å². The molecule has 12 heavy (non-hydrogen) atoms. The monoisotopic (exact) mass is 234 g/mol. The Balaban J connectivity index is 2.62. The van der Waals surface area contributed by atoms with E-state index in [1.165, 1.54) is 19.3 Å². The topological polar surface area (TPSA) is 26.3 Å². The van der Waals surface area contributed by atoms with Gasteiger partial charge in [0, 0.05) is 0 Å². The van der Waals surface area contributed by atoms with Crippen LogP contribution in [0.1, 0.15) is 39.0 Å². The Morgan fingerprint density at radius 1 is 1.42 bits per heavy atom. The first-order valence-corrected chi connectivity index (χ1v) is 5.38. The van der Waals surface area contributed by atoms with Gasteiger partial charge in [-0.3, -0.25) is 4.79 Å².